The monoisotopic (exact) mass is 182 g/mol. The molecule has 0 nitrogen and oxygen atoms in total. The zero-order valence-corrected chi connectivity index (χ0v) is 8.48. The number of fused-ring (bicyclic) bond motifs is 2. The van der Waals surface area contributed by atoms with Crippen LogP contribution in [0.4, 0.5) is 0 Å². The normalized spacial score (nSPS) is 52.0. The van der Waals surface area contributed by atoms with Gasteiger partial charge < -0.3 is 0 Å². The molecular weight excluding hydrogens is 164 g/mol. The molecule has 0 amide bonds. The molecule has 0 spiro atoms. The first-order chi connectivity index (χ1) is 5.93. The molecule has 0 unspecified atom stereocenters. The Balaban J connectivity index is 1.75. The van der Waals surface area contributed by atoms with Crippen LogP contribution < -0.4 is 0 Å². The Morgan fingerprint density at radius 1 is 0.750 bits per heavy atom. The van der Waals surface area contributed by atoms with Crippen molar-refractivity contribution in [1.29, 1.82) is 0 Å². The van der Waals surface area contributed by atoms with Crippen LogP contribution in [-0.2, 0) is 0 Å². The summed E-state index contributed by atoms with van der Waals surface area (Å²) in [7, 11) is 0. The van der Waals surface area contributed by atoms with Crippen molar-refractivity contribution in [3.05, 3.63) is 0 Å². The van der Waals surface area contributed by atoms with Crippen LogP contribution >= 0.6 is 11.8 Å². The van der Waals surface area contributed by atoms with Gasteiger partial charge in [0.15, 0.2) is 0 Å². The van der Waals surface area contributed by atoms with E-state index in [1.165, 1.54) is 12.8 Å². The molecule has 1 aliphatic heterocycles. The maximum absolute atomic E-state index is 2.37. The third-order valence-electron chi connectivity index (χ3n) is 4.13. The maximum atomic E-state index is 2.37. The van der Waals surface area contributed by atoms with Gasteiger partial charge in [0.2, 0.25) is 0 Å². The molecule has 3 fully saturated rings. The topological polar surface area (TPSA) is 0 Å². The molecule has 4 atom stereocenters. The summed E-state index contributed by atoms with van der Waals surface area (Å²) in [5.41, 5.74) is 0. The van der Waals surface area contributed by atoms with E-state index < -0.39 is 0 Å². The zero-order chi connectivity index (χ0) is 7.97. The van der Waals surface area contributed by atoms with Gasteiger partial charge in [-0.05, 0) is 43.9 Å². The number of rotatable bonds is 0. The molecule has 0 aromatic carbocycles. The molecule has 3 aliphatic rings. The first-order valence-corrected chi connectivity index (χ1v) is 6.53. The minimum absolute atomic E-state index is 1.09. The lowest BCUT2D eigenvalue weighted by atomic mass is 9.91. The van der Waals surface area contributed by atoms with Crippen LogP contribution in [0.15, 0.2) is 0 Å². The number of hydrogen-bond acceptors (Lipinski definition) is 1. The standard InChI is InChI=1S/C11H18S/c1-3-8-7-9-4-2-6-11(9)12-10(8)5-1/h8-11H,1-7H2/t8-,9+,10-,11-/m0/s1. The first-order valence-electron chi connectivity index (χ1n) is 5.59. The third kappa shape index (κ3) is 1.13. The minimum atomic E-state index is 1.09. The number of hydrogen-bond donors (Lipinski definition) is 0. The summed E-state index contributed by atoms with van der Waals surface area (Å²) in [5, 5.41) is 2.17. The molecule has 3 rings (SSSR count). The van der Waals surface area contributed by atoms with Crippen molar-refractivity contribution in [2.75, 3.05) is 0 Å². The average Bonchev–Trinajstić information content (AvgIpc) is 2.64. The summed E-state index contributed by atoms with van der Waals surface area (Å²) in [5.74, 6) is 2.27. The van der Waals surface area contributed by atoms with Crippen molar-refractivity contribution in [1.82, 2.24) is 0 Å². The lowest BCUT2D eigenvalue weighted by Crippen LogP contribution is -2.27. The predicted octanol–water partition coefficient (Wildman–Crippen LogP) is 3.46. The van der Waals surface area contributed by atoms with E-state index in [2.05, 4.69) is 11.8 Å². The largest absolute Gasteiger partial charge is 0.155 e. The molecule has 1 heterocycles. The van der Waals surface area contributed by atoms with Gasteiger partial charge in [0.25, 0.3) is 0 Å². The predicted molar refractivity (Wildman–Crippen MR) is 54.5 cm³/mol. The van der Waals surface area contributed by atoms with E-state index in [4.69, 9.17) is 0 Å². The molecular formula is C11H18S. The minimum Gasteiger partial charge on any atom is -0.155 e. The maximum Gasteiger partial charge on any atom is 0.00783 e. The van der Waals surface area contributed by atoms with Crippen LogP contribution in [0.3, 0.4) is 0 Å². The van der Waals surface area contributed by atoms with E-state index in [1.54, 1.807) is 32.1 Å². The summed E-state index contributed by atoms with van der Waals surface area (Å²) >= 11 is 2.37. The summed E-state index contributed by atoms with van der Waals surface area (Å²) in [4.78, 5) is 0. The second-order valence-electron chi connectivity index (χ2n) is 4.83. The van der Waals surface area contributed by atoms with Crippen molar-refractivity contribution in [3.8, 4) is 0 Å². The van der Waals surface area contributed by atoms with Gasteiger partial charge >= 0.3 is 0 Å². The van der Waals surface area contributed by atoms with E-state index in [-0.39, 0.29) is 0 Å². The van der Waals surface area contributed by atoms with E-state index in [0.717, 1.165) is 22.3 Å². The fourth-order valence-corrected chi connectivity index (χ4v) is 5.51. The highest BCUT2D eigenvalue weighted by atomic mass is 32.2. The fourth-order valence-electron chi connectivity index (χ4n) is 3.52. The molecule has 1 saturated heterocycles. The van der Waals surface area contributed by atoms with Crippen LogP contribution in [0.25, 0.3) is 0 Å². The van der Waals surface area contributed by atoms with Gasteiger partial charge in [-0.25, -0.2) is 0 Å². The van der Waals surface area contributed by atoms with Gasteiger partial charge in [0, 0.05) is 10.5 Å². The second-order valence-corrected chi connectivity index (χ2v) is 6.31. The summed E-state index contributed by atoms with van der Waals surface area (Å²) < 4.78 is 0. The van der Waals surface area contributed by atoms with Crippen LogP contribution in [0.2, 0.25) is 0 Å². The lowest BCUT2D eigenvalue weighted by molar-refractivity contribution is 0.375. The Kier molecular flexibility index (Phi) is 1.89. The van der Waals surface area contributed by atoms with E-state index in [0.29, 0.717) is 0 Å². The summed E-state index contributed by atoms with van der Waals surface area (Å²) in [6.07, 6.45) is 10.9. The zero-order valence-electron chi connectivity index (χ0n) is 7.67. The molecule has 0 aromatic heterocycles. The van der Waals surface area contributed by atoms with Crippen LogP contribution in [0, 0.1) is 11.8 Å². The van der Waals surface area contributed by atoms with Gasteiger partial charge in [-0.2, -0.15) is 11.8 Å². The van der Waals surface area contributed by atoms with Gasteiger partial charge in [-0.15, -0.1) is 0 Å². The molecule has 0 N–H and O–H groups in total. The Labute approximate surface area is 79.5 Å². The molecule has 0 radical (unpaired) electrons. The summed E-state index contributed by atoms with van der Waals surface area (Å²) in [6, 6.07) is 0. The molecule has 2 saturated carbocycles. The van der Waals surface area contributed by atoms with Crippen LogP contribution in [-0.4, -0.2) is 10.5 Å². The van der Waals surface area contributed by atoms with Crippen LogP contribution in [0.5, 0.6) is 0 Å². The highest BCUT2D eigenvalue weighted by Crippen LogP contribution is 2.52. The molecule has 68 valence electrons. The van der Waals surface area contributed by atoms with Gasteiger partial charge in [-0.3, -0.25) is 0 Å². The Hall–Kier alpha value is 0.350. The molecule has 1 heteroatoms. The number of thioether (sulfide) groups is 1. The SMILES string of the molecule is C1C[C@@H]2C[C@@H]3CCC[C@@H]3S[C@H]2C1. The van der Waals surface area contributed by atoms with Crippen molar-refractivity contribution in [2.45, 2.75) is 55.4 Å². The smallest absolute Gasteiger partial charge is 0.00783 e. The fraction of sp³-hybridized carbons (Fsp3) is 1.00. The van der Waals surface area contributed by atoms with Gasteiger partial charge in [0.05, 0.1) is 0 Å². The van der Waals surface area contributed by atoms with E-state index >= 15 is 0 Å². The van der Waals surface area contributed by atoms with Crippen LogP contribution in [0.1, 0.15) is 44.9 Å². The second kappa shape index (κ2) is 2.94. The molecule has 0 bridgehead atoms. The molecule has 0 aromatic rings. The van der Waals surface area contributed by atoms with E-state index in [9.17, 15) is 0 Å². The van der Waals surface area contributed by atoms with E-state index in [1.807, 2.05) is 0 Å². The van der Waals surface area contributed by atoms with Crippen molar-refractivity contribution in [2.24, 2.45) is 11.8 Å². The third-order valence-corrected chi connectivity index (χ3v) is 6.07. The quantitative estimate of drug-likeness (QED) is 0.553. The molecule has 2 aliphatic carbocycles. The van der Waals surface area contributed by atoms with Gasteiger partial charge in [0.1, 0.15) is 0 Å². The lowest BCUT2D eigenvalue weighted by Gasteiger charge is -2.34. The van der Waals surface area contributed by atoms with Crippen molar-refractivity contribution < 1.29 is 0 Å². The Morgan fingerprint density at radius 2 is 1.33 bits per heavy atom. The Bertz CT molecular complexity index is 142. The first kappa shape index (κ1) is 7.73. The highest BCUT2D eigenvalue weighted by Gasteiger charge is 2.41. The van der Waals surface area contributed by atoms with Crippen molar-refractivity contribution >= 4 is 11.8 Å². The average molecular weight is 182 g/mol. The summed E-state index contributed by atoms with van der Waals surface area (Å²) in [6.45, 7) is 0. The Morgan fingerprint density at radius 3 is 1.92 bits per heavy atom. The molecule has 12 heavy (non-hydrogen) atoms. The highest BCUT2D eigenvalue weighted by molar-refractivity contribution is 8.00. The van der Waals surface area contributed by atoms with Gasteiger partial charge in [-0.1, -0.05) is 12.8 Å². The van der Waals surface area contributed by atoms with Crippen molar-refractivity contribution in [3.63, 3.8) is 0 Å².